The van der Waals surface area contributed by atoms with Crippen LogP contribution in [0.1, 0.15) is 0 Å². The Balaban J connectivity index is 2.48. The smallest absolute Gasteiger partial charge is 0.407 e. The van der Waals surface area contributed by atoms with Crippen molar-refractivity contribution in [2.24, 2.45) is 0 Å². The van der Waals surface area contributed by atoms with Crippen LogP contribution in [0.25, 0.3) is 0 Å². The van der Waals surface area contributed by atoms with E-state index in [1.807, 2.05) is 11.2 Å². The van der Waals surface area contributed by atoms with Crippen molar-refractivity contribution in [2.75, 3.05) is 38.2 Å². The standard InChI is InChI=1S/C14H20N4O6S2/c1-25-26-9-8-24-14(23)15-3-5-17(6-7-19)12(21)10-18-4-2-11(20)16-13(18)22/h2,4,7H,3,5-6,8-10H2,1H3,(H,15,23)(H,16,20,22). The molecule has 0 unspecified atom stereocenters. The number of rotatable bonds is 11. The number of nitrogens with zero attached hydrogens (tertiary/aromatic N) is 2. The highest BCUT2D eigenvalue weighted by molar-refractivity contribution is 8.76. The molecule has 2 amide bonds. The second-order valence-electron chi connectivity index (χ2n) is 4.80. The maximum Gasteiger partial charge on any atom is 0.407 e. The van der Waals surface area contributed by atoms with Gasteiger partial charge in [-0.1, -0.05) is 21.6 Å². The Labute approximate surface area is 157 Å². The van der Waals surface area contributed by atoms with E-state index in [2.05, 4.69) is 5.32 Å². The molecule has 0 aliphatic rings. The lowest BCUT2D eigenvalue weighted by molar-refractivity contribution is -0.133. The van der Waals surface area contributed by atoms with Gasteiger partial charge in [-0.3, -0.25) is 19.1 Å². The third-order valence-corrected chi connectivity index (χ3v) is 4.79. The number of amides is 2. The van der Waals surface area contributed by atoms with Gasteiger partial charge in [-0.25, -0.2) is 9.59 Å². The molecule has 0 aliphatic carbocycles. The molecule has 0 aromatic carbocycles. The molecule has 144 valence electrons. The summed E-state index contributed by atoms with van der Waals surface area (Å²) in [7, 11) is 3.13. The largest absolute Gasteiger partial charge is 0.449 e. The molecule has 1 aromatic heterocycles. The number of H-pyrrole nitrogens is 1. The van der Waals surface area contributed by atoms with Gasteiger partial charge in [-0.15, -0.1) is 0 Å². The maximum absolute atomic E-state index is 12.2. The van der Waals surface area contributed by atoms with Gasteiger partial charge in [0.1, 0.15) is 19.4 Å². The predicted octanol–water partition coefficient (Wildman–Crippen LogP) is -0.698. The molecule has 1 rings (SSSR count). The van der Waals surface area contributed by atoms with Crippen molar-refractivity contribution in [1.29, 1.82) is 0 Å². The minimum absolute atomic E-state index is 0.0737. The summed E-state index contributed by atoms with van der Waals surface area (Å²) in [5.41, 5.74) is -1.29. The Bertz CT molecular complexity index is 720. The molecule has 1 aromatic rings. The van der Waals surface area contributed by atoms with Crippen molar-refractivity contribution in [3.8, 4) is 0 Å². The number of nitrogens with one attached hydrogen (secondary N) is 2. The van der Waals surface area contributed by atoms with E-state index in [-0.39, 0.29) is 32.8 Å². The minimum atomic E-state index is -0.721. The normalized spacial score (nSPS) is 10.2. The molecule has 0 radical (unpaired) electrons. The lowest BCUT2D eigenvalue weighted by atomic mass is 10.4. The van der Waals surface area contributed by atoms with E-state index in [4.69, 9.17) is 4.74 Å². The molecule has 0 fully saturated rings. The van der Waals surface area contributed by atoms with Crippen molar-refractivity contribution in [1.82, 2.24) is 19.8 Å². The fourth-order valence-corrected chi connectivity index (χ4v) is 2.84. The van der Waals surface area contributed by atoms with Crippen LogP contribution in [-0.4, -0.2) is 71.0 Å². The van der Waals surface area contributed by atoms with E-state index in [1.165, 1.54) is 11.1 Å². The Kier molecular flexibility index (Phi) is 10.2. The molecule has 26 heavy (non-hydrogen) atoms. The number of carbonyl (C=O) groups excluding carboxylic acids is 3. The molecule has 0 bridgehead atoms. The molecular formula is C14H20N4O6S2. The molecular weight excluding hydrogens is 384 g/mol. The Hall–Kier alpha value is -2.21. The van der Waals surface area contributed by atoms with Crippen LogP contribution in [0, 0.1) is 0 Å². The van der Waals surface area contributed by atoms with E-state index in [0.717, 1.165) is 10.6 Å². The lowest BCUT2D eigenvalue weighted by Gasteiger charge is -2.20. The van der Waals surface area contributed by atoms with E-state index in [1.54, 1.807) is 21.6 Å². The number of aromatic nitrogens is 2. The highest BCUT2D eigenvalue weighted by Crippen LogP contribution is 2.15. The van der Waals surface area contributed by atoms with Crippen LogP contribution in [-0.2, 0) is 20.9 Å². The van der Waals surface area contributed by atoms with Gasteiger partial charge in [-0.05, 0) is 6.26 Å². The quantitative estimate of drug-likeness (QED) is 0.281. The number of alkyl carbamates (subject to hydrolysis) is 1. The number of hydrogen-bond acceptors (Lipinski definition) is 8. The van der Waals surface area contributed by atoms with Gasteiger partial charge in [0, 0.05) is 31.1 Å². The number of aldehydes is 1. The van der Waals surface area contributed by atoms with Gasteiger partial charge in [-0.2, -0.15) is 0 Å². The van der Waals surface area contributed by atoms with Gasteiger partial charge in [0.25, 0.3) is 5.56 Å². The topological polar surface area (TPSA) is 131 Å². The van der Waals surface area contributed by atoms with Crippen LogP contribution in [0.5, 0.6) is 0 Å². The average Bonchev–Trinajstić information content (AvgIpc) is 2.60. The molecule has 0 saturated heterocycles. The summed E-state index contributed by atoms with van der Waals surface area (Å²) in [4.78, 5) is 60.3. The maximum atomic E-state index is 12.2. The van der Waals surface area contributed by atoms with Crippen LogP contribution >= 0.6 is 21.6 Å². The van der Waals surface area contributed by atoms with Crippen molar-refractivity contribution in [3.63, 3.8) is 0 Å². The molecule has 0 atom stereocenters. The SMILES string of the molecule is CSSCCOC(=O)NCCN(CC=O)C(=O)Cn1ccc(=O)[nH]c1=O. The van der Waals surface area contributed by atoms with E-state index in [0.29, 0.717) is 12.0 Å². The Morgan fingerprint density at radius 2 is 2.19 bits per heavy atom. The fourth-order valence-electron chi connectivity index (χ4n) is 1.82. The third-order valence-electron chi connectivity index (χ3n) is 3.02. The zero-order valence-corrected chi connectivity index (χ0v) is 15.8. The zero-order valence-electron chi connectivity index (χ0n) is 14.1. The molecule has 12 heteroatoms. The summed E-state index contributed by atoms with van der Waals surface area (Å²) < 4.78 is 5.95. The second-order valence-corrected chi connectivity index (χ2v) is 7.48. The average molecular weight is 404 g/mol. The highest BCUT2D eigenvalue weighted by atomic mass is 33.1. The Morgan fingerprint density at radius 1 is 1.42 bits per heavy atom. The van der Waals surface area contributed by atoms with Crippen LogP contribution in [0.15, 0.2) is 21.9 Å². The number of ether oxygens (including phenoxy) is 1. The van der Waals surface area contributed by atoms with Crippen LogP contribution in [0.3, 0.4) is 0 Å². The first-order valence-corrected chi connectivity index (χ1v) is 10.3. The fraction of sp³-hybridized carbons (Fsp3) is 0.500. The first kappa shape index (κ1) is 21.8. The summed E-state index contributed by atoms with van der Waals surface area (Å²) in [5, 5.41) is 2.48. The summed E-state index contributed by atoms with van der Waals surface area (Å²) in [6, 6.07) is 1.12. The van der Waals surface area contributed by atoms with Crippen LogP contribution in [0.2, 0.25) is 0 Å². The monoisotopic (exact) mass is 404 g/mol. The highest BCUT2D eigenvalue weighted by Gasteiger charge is 2.15. The van der Waals surface area contributed by atoms with Gasteiger partial charge in [0.15, 0.2) is 0 Å². The van der Waals surface area contributed by atoms with Gasteiger partial charge in [0.2, 0.25) is 5.91 Å². The van der Waals surface area contributed by atoms with Crippen molar-refractivity contribution < 1.29 is 19.1 Å². The van der Waals surface area contributed by atoms with Gasteiger partial charge in [0.05, 0.1) is 6.54 Å². The van der Waals surface area contributed by atoms with E-state index < -0.39 is 23.2 Å². The minimum Gasteiger partial charge on any atom is -0.449 e. The zero-order chi connectivity index (χ0) is 19.4. The van der Waals surface area contributed by atoms with Crippen molar-refractivity contribution in [2.45, 2.75) is 6.54 Å². The van der Waals surface area contributed by atoms with E-state index in [9.17, 15) is 24.0 Å². The number of aromatic amines is 1. The van der Waals surface area contributed by atoms with Crippen LogP contribution in [0.4, 0.5) is 4.79 Å². The molecule has 1 heterocycles. The van der Waals surface area contributed by atoms with Gasteiger partial charge >= 0.3 is 11.8 Å². The summed E-state index contributed by atoms with van der Waals surface area (Å²) in [6.07, 6.45) is 3.05. The third kappa shape index (κ3) is 8.25. The number of hydrogen-bond donors (Lipinski definition) is 2. The summed E-state index contributed by atoms with van der Waals surface area (Å²) >= 11 is 0. The van der Waals surface area contributed by atoms with Gasteiger partial charge < -0.3 is 19.7 Å². The van der Waals surface area contributed by atoms with Crippen LogP contribution < -0.4 is 16.6 Å². The number of carbonyl (C=O) groups is 3. The van der Waals surface area contributed by atoms with E-state index >= 15 is 0 Å². The molecule has 0 saturated carbocycles. The van der Waals surface area contributed by atoms with Crippen molar-refractivity contribution >= 4 is 39.9 Å². The Morgan fingerprint density at radius 3 is 2.85 bits per heavy atom. The predicted molar refractivity (Wildman–Crippen MR) is 99.3 cm³/mol. The second kappa shape index (κ2) is 12.2. The van der Waals surface area contributed by atoms with Crippen molar-refractivity contribution in [3.05, 3.63) is 33.1 Å². The summed E-state index contributed by atoms with van der Waals surface area (Å²) in [5.74, 6) is 0.163. The summed E-state index contributed by atoms with van der Waals surface area (Å²) in [6.45, 7) is -0.0831. The first-order valence-electron chi connectivity index (χ1n) is 7.55. The lowest BCUT2D eigenvalue weighted by Crippen LogP contribution is -2.43. The first-order chi connectivity index (χ1) is 12.5. The molecule has 0 aliphatic heterocycles. The molecule has 0 spiro atoms. The molecule has 2 N–H and O–H groups in total. The molecule has 10 nitrogen and oxygen atoms in total.